The van der Waals surface area contributed by atoms with Crippen molar-refractivity contribution in [2.75, 3.05) is 13.6 Å². The number of urea groups is 1. The van der Waals surface area contributed by atoms with Gasteiger partial charge in [-0.3, -0.25) is 9.78 Å². The summed E-state index contributed by atoms with van der Waals surface area (Å²) in [5.74, 6) is -0.150. The molecule has 2 aromatic rings. The molecule has 1 aromatic heterocycles. The van der Waals surface area contributed by atoms with Crippen LogP contribution in [0.5, 0.6) is 0 Å². The lowest BCUT2D eigenvalue weighted by molar-refractivity contribution is -0.132. The van der Waals surface area contributed by atoms with Gasteiger partial charge < -0.3 is 15.5 Å². The smallest absolute Gasteiger partial charge is 0.315 e. The maximum Gasteiger partial charge on any atom is 0.315 e. The third-order valence-corrected chi connectivity index (χ3v) is 3.89. The van der Waals surface area contributed by atoms with Crippen LogP contribution in [0.3, 0.4) is 0 Å². The van der Waals surface area contributed by atoms with E-state index in [2.05, 4.69) is 15.6 Å². The molecule has 2 heterocycles. The standard InChI is InChI=1S/C17H18N4O2/c1-21(16(22)14-11-19-17(23)20-14)15(12-7-3-2-4-8-12)13-9-5-6-10-18-13/h2-10,14-15H,11H2,1H3,(H2,19,20,23)/t14-,15+/m1/s1. The van der Waals surface area contributed by atoms with E-state index in [0.29, 0.717) is 6.54 Å². The van der Waals surface area contributed by atoms with E-state index in [0.717, 1.165) is 11.3 Å². The summed E-state index contributed by atoms with van der Waals surface area (Å²) in [6.07, 6.45) is 1.71. The second-order valence-electron chi connectivity index (χ2n) is 5.42. The van der Waals surface area contributed by atoms with Crippen molar-refractivity contribution in [3.8, 4) is 0 Å². The molecular formula is C17H18N4O2. The van der Waals surface area contributed by atoms with Crippen LogP contribution in [0.2, 0.25) is 0 Å². The minimum atomic E-state index is -0.553. The zero-order valence-corrected chi connectivity index (χ0v) is 12.8. The largest absolute Gasteiger partial charge is 0.336 e. The molecule has 1 aromatic carbocycles. The zero-order chi connectivity index (χ0) is 16.2. The lowest BCUT2D eigenvalue weighted by Gasteiger charge is -2.30. The van der Waals surface area contributed by atoms with Crippen molar-refractivity contribution < 1.29 is 9.59 Å². The topological polar surface area (TPSA) is 74.3 Å². The van der Waals surface area contributed by atoms with Gasteiger partial charge in [0.15, 0.2) is 0 Å². The SMILES string of the molecule is CN(C(=O)[C@H]1CNC(=O)N1)[C@@H](c1ccccc1)c1ccccn1. The van der Waals surface area contributed by atoms with Crippen molar-refractivity contribution in [2.45, 2.75) is 12.1 Å². The number of hydrogen-bond acceptors (Lipinski definition) is 3. The summed E-state index contributed by atoms with van der Waals surface area (Å²) in [7, 11) is 1.74. The van der Waals surface area contributed by atoms with Crippen molar-refractivity contribution in [3.63, 3.8) is 0 Å². The fraction of sp³-hybridized carbons (Fsp3) is 0.235. The molecule has 0 bridgehead atoms. The summed E-state index contributed by atoms with van der Waals surface area (Å²) in [5.41, 5.74) is 1.76. The normalized spacial score (nSPS) is 18.0. The number of aromatic nitrogens is 1. The lowest BCUT2D eigenvalue weighted by Crippen LogP contribution is -2.45. The summed E-state index contributed by atoms with van der Waals surface area (Å²) in [5, 5.41) is 5.24. The molecular weight excluding hydrogens is 292 g/mol. The quantitative estimate of drug-likeness (QED) is 0.894. The van der Waals surface area contributed by atoms with E-state index in [9.17, 15) is 9.59 Å². The first-order chi connectivity index (χ1) is 11.2. The predicted octanol–water partition coefficient (Wildman–Crippen LogP) is 1.31. The number of carbonyl (C=O) groups excluding carboxylic acids is 2. The van der Waals surface area contributed by atoms with E-state index in [1.165, 1.54) is 0 Å². The molecule has 1 fully saturated rings. The Morgan fingerprint density at radius 1 is 1.22 bits per heavy atom. The maximum absolute atomic E-state index is 12.7. The number of nitrogens with zero attached hydrogens (tertiary/aromatic N) is 2. The highest BCUT2D eigenvalue weighted by Crippen LogP contribution is 2.26. The predicted molar refractivity (Wildman–Crippen MR) is 85.6 cm³/mol. The molecule has 6 nitrogen and oxygen atoms in total. The van der Waals surface area contributed by atoms with Crippen LogP contribution in [0.1, 0.15) is 17.3 Å². The lowest BCUT2D eigenvalue weighted by atomic mass is 10.0. The van der Waals surface area contributed by atoms with Crippen LogP contribution in [0.25, 0.3) is 0 Å². The van der Waals surface area contributed by atoms with Gasteiger partial charge in [0.2, 0.25) is 5.91 Å². The van der Waals surface area contributed by atoms with Crippen LogP contribution in [0.15, 0.2) is 54.7 Å². The van der Waals surface area contributed by atoms with Crippen LogP contribution in [0.4, 0.5) is 4.79 Å². The minimum Gasteiger partial charge on any atom is -0.336 e. The third-order valence-electron chi connectivity index (χ3n) is 3.89. The van der Waals surface area contributed by atoms with Crippen molar-refractivity contribution in [1.82, 2.24) is 20.5 Å². The molecule has 0 radical (unpaired) electrons. The first-order valence-corrected chi connectivity index (χ1v) is 7.43. The Labute approximate surface area is 134 Å². The van der Waals surface area contributed by atoms with Crippen molar-refractivity contribution in [2.24, 2.45) is 0 Å². The van der Waals surface area contributed by atoms with Gasteiger partial charge in [-0.25, -0.2) is 4.79 Å². The Morgan fingerprint density at radius 3 is 2.57 bits per heavy atom. The first kappa shape index (κ1) is 15.0. The Kier molecular flexibility index (Phi) is 4.23. The number of hydrogen-bond donors (Lipinski definition) is 2. The van der Waals surface area contributed by atoms with Gasteiger partial charge in [0.05, 0.1) is 11.7 Å². The van der Waals surface area contributed by atoms with E-state index < -0.39 is 6.04 Å². The van der Waals surface area contributed by atoms with Gasteiger partial charge in [-0.2, -0.15) is 0 Å². The number of likely N-dealkylation sites (N-methyl/N-ethyl adjacent to an activating group) is 1. The first-order valence-electron chi connectivity index (χ1n) is 7.43. The van der Waals surface area contributed by atoms with E-state index in [4.69, 9.17) is 0 Å². The second-order valence-corrected chi connectivity index (χ2v) is 5.42. The Balaban J connectivity index is 1.92. The van der Waals surface area contributed by atoms with Crippen LogP contribution in [-0.2, 0) is 4.79 Å². The van der Waals surface area contributed by atoms with Gasteiger partial charge in [0, 0.05) is 19.8 Å². The summed E-state index contributed by atoms with van der Waals surface area (Å²) < 4.78 is 0. The Hall–Kier alpha value is -2.89. The highest BCUT2D eigenvalue weighted by molar-refractivity contribution is 5.90. The van der Waals surface area contributed by atoms with Crippen molar-refractivity contribution in [3.05, 3.63) is 66.0 Å². The van der Waals surface area contributed by atoms with E-state index >= 15 is 0 Å². The summed E-state index contributed by atoms with van der Waals surface area (Å²) in [6, 6.07) is 14.2. The van der Waals surface area contributed by atoms with Crippen molar-refractivity contribution >= 4 is 11.9 Å². The zero-order valence-electron chi connectivity index (χ0n) is 12.8. The third kappa shape index (κ3) is 3.15. The molecule has 2 N–H and O–H groups in total. The molecule has 0 saturated carbocycles. The van der Waals surface area contributed by atoms with Crippen LogP contribution in [0, 0.1) is 0 Å². The average molecular weight is 310 g/mol. The van der Waals surface area contributed by atoms with Crippen molar-refractivity contribution in [1.29, 1.82) is 0 Å². The molecule has 1 aliphatic heterocycles. The highest BCUT2D eigenvalue weighted by Gasteiger charge is 2.33. The molecule has 0 aliphatic carbocycles. The van der Waals surface area contributed by atoms with Gasteiger partial charge in [0.25, 0.3) is 0 Å². The van der Waals surface area contributed by atoms with Gasteiger partial charge in [-0.1, -0.05) is 36.4 Å². The summed E-state index contributed by atoms with van der Waals surface area (Å²) in [4.78, 5) is 30.0. The fourth-order valence-corrected chi connectivity index (χ4v) is 2.74. The number of amides is 3. The summed E-state index contributed by atoms with van der Waals surface area (Å²) >= 11 is 0. The monoisotopic (exact) mass is 310 g/mol. The van der Waals surface area contributed by atoms with Crippen LogP contribution >= 0.6 is 0 Å². The maximum atomic E-state index is 12.7. The molecule has 0 unspecified atom stereocenters. The highest BCUT2D eigenvalue weighted by atomic mass is 16.2. The molecule has 118 valence electrons. The average Bonchev–Trinajstić information content (AvgIpc) is 3.03. The van der Waals surface area contributed by atoms with Gasteiger partial charge in [0.1, 0.15) is 6.04 Å². The molecule has 2 atom stereocenters. The van der Waals surface area contributed by atoms with E-state index in [1.807, 2.05) is 48.5 Å². The number of nitrogens with one attached hydrogen (secondary N) is 2. The minimum absolute atomic E-state index is 0.150. The molecule has 1 saturated heterocycles. The van der Waals surface area contributed by atoms with Gasteiger partial charge in [-0.05, 0) is 17.7 Å². The number of carbonyl (C=O) groups is 2. The van der Waals surface area contributed by atoms with Gasteiger partial charge >= 0.3 is 6.03 Å². The Bertz CT molecular complexity index is 651. The molecule has 3 amide bonds. The number of pyridine rings is 1. The fourth-order valence-electron chi connectivity index (χ4n) is 2.74. The number of benzene rings is 1. The van der Waals surface area contributed by atoms with Gasteiger partial charge in [-0.15, -0.1) is 0 Å². The van der Waals surface area contributed by atoms with Crippen LogP contribution in [-0.4, -0.2) is 41.5 Å². The summed E-state index contributed by atoms with van der Waals surface area (Å²) in [6.45, 7) is 0.297. The molecule has 23 heavy (non-hydrogen) atoms. The van der Waals surface area contributed by atoms with E-state index in [-0.39, 0.29) is 18.0 Å². The second kappa shape index (κ2) is 6.48. The Morgan fingerprint density at radius 2 is 1.96 bits per heavy atom. The van der Waals surface area contributed by atoms with E-state index in [1.54, 1.807) is 18.1 Å². The molecule has 6 heteroatoms. The van der Waals surface area contributed by atoms with Crippen LogP contribution < -0.4 is 10.6 Å². The molecule has 1 aliphatic rings. The molecule has 3 rings (SSSR count). The molecule has 0 spiro atoms. The number of rotatable bonds is 4.